The van der Waals surface area contributed by atoms with Crippen molar-refractivity contribution in [2.24, 2.45) is 0 Å². The van der Waals surface area contributed by atoms with Crippen molar-refractivity contribution >= 4 is 91.4 Å². The van der Waals surface area contributed by atoms with E-state index in [2.05, 4.69) is 61.6 Å². The van der Waals surface area contributed by atoms with Crippen LogP contribution in [-0.2, 0) is 10.2 Å². The number of para-hydroxylation sites is 1. The summed E-state index contributed by atoms with van der Waals surface area (Å²) in [5.41, 5.74) is 4.98. The van der Waals surface area contributed by atoms with E-state index in [9.17, 15) is 15.2 Å². The number of anilines is 2. The number of nitrogens with one attached hydrogen (secondary N) is 1. The second-order valence-electron chi connectivity index (χ2n) is 18.8. The summed E-state index contributed by atoms with van der Waals surface area (Å²) < 4.78 is 77.4. The molecule has 0 aliphatic carbocycles. The van der Waals surface area contributed by atoms with Crippen LogP contribution in [0.2, 0.25) is 0 Å². The van der Waals surface area contributed by atoms with E-state index in [-0.39, 0.29) is 18.6 Å². The van der Waals surface area contributed by atoms with Crippen LogP contribution in [0.3, 0.4) is 0 Å². The fourth-order valence-electron chi connectivity index (χ4n) is 10.5. The number of carbonyl (C=O) groups is 1. The van der Waals surface area contributed by atoms with Crippen LogP contribution >= 0.6 is 68.0 Å². The molecule has 0 unspecified atom stereocenters. The minimum Gasteiger partial charge on any atom is -0.485 e. The molecule has 0 saturated heterocycles. The zero-order valence-corrected chi connectivity index (χ0v) is 45.7. The molecule has 0 fully saturated rings. The van der Waals surface area contributed by atoms with Gasteiger partial charge in [-0.1, -0.05) is 38.1 Å². The molecule has 22 heteroatoms. The van der Waals surface area contributed by atoms with Crippen LogP contribution in [0.1, 0.15) is 29.9 Å². The van der Waals surface area contributed by atoms with E-state index >= 15 is 0 Å². The van der Waals surface area contributed by atoms with Crippen molar-refractivity contribution in [3.05, 3.63) is 64.0 Å². The van der Waals surface area contributed by atoms with Crippen LogP contribution in [0.15, 0.2) is 48.0 Å². The number of rotatable bonds is 8. The van der Waals surface area contributed by atoms with E-state index < -0.39 is 11.5 Å². The number of nitrogens with zero attached hydrogens (tertiary/aromatic N) is 1. The third-order valence-electron chi connectivity index (χ3n) is 13.9. The lowest BCUT2D eigenvalue weighted by atomic mass is 9.74. The van der Waals surface area contributed by atoms with Crippen molar-refractivity contribution in [3.8, 4) is 134 Å². The van der Waals surface area contributed by atoms with Gasteiger partial charge in [0, 0.05) is 16.8 Å². The quantitative estimate of drug-likeness (QED) is 0.108. The average Bonchev–Trinajstić information content (AvgIpc) is 4.44. The second-order valence-corrected chi connectivity index (χ2v) is 24.9. The monoisotopic (exact) mass is 1140 g/mol. The van der Waals surface area contributed by atoms with E-state index in [1.165, 1.54) is 62.6 Å². The third-order valence-corrected chi connectivity index (χ3v) is 21.6. The van der Waals surface area contributed by atoms with Gasteiger partial charge in [-0.05, 0) is 41.0 Å². The van der Waals surface area contributed by atoms with Gasteiger partial charge in [-0.25, -0.2) is 4.79 Å². The molecule has 6 aromatic heterocycles. The van der Waals surface area contributed by atoms with Gasteiger partial charge in [-0.3, -0.25) is 0 Å². The Morgan fingerprint density at radius 3 is 1.18 bits per heavy atom. The number of benzene rings is 2. The summed E-state index contributed by atoms with van der Waals surface area (Å²) in [7, 11) is 0. The number of carboxylic acids is 1. The first-order valence-corrected chi connectivity index (χ1v) is 29.6. The van der Waals surface area contributed by atoms with Gasteiger partial charge in [0.1, 0.15) is 90.9 Å². The van der Waals surface area contributed by atoms with Gasteiger partial charge in [0.25, 0.3) is 0 Å². The molecule has 2 aromatic carbocycles. The average molecular weight is 1150 g/mol. The summed E-state index contributed by atoms with van der Waals surface area (Å²) in [5.74, 6) is 5.53. The Morgan fingerprint density at radius 2 is 0.792 bits per heavy atom. The van der Waals surface area contributed by atoms with Crippen LogP contribution < -0.4 is 62.2 Å². The van der Waals surface area contributed by atoms with E-state index in [1.54, 1.807) is 28.7 Å². The molecule has 8 aromatic rings. The molecule has 0 saturated carbocycles. The van der Waals surface area contributed by atoms with E-state index in [4.69, 9.17) is 56.8 Å². The molecule has 390 valence electrons. The maximum absolute atomic E-state index is 11.9. The first kappa shape index (κ1) is 47.0. The summed E-state index contributed by atoms with van der Waals surface area (Å²) in [6, 6.07) is 16.8. The van der Waals surface area contributed by atoms with Crippen LogP contribution in [0, 0.1) is 11.3 Å². The highest BCUT2D eigenvalue weighted by atomic mass is 32.1. The van der Waals surface area contributed by atoms with Gasteiger partial charge in [0.15, 0.2) is 69.0 Å². The molecule has 0 bridgehead atoms. The topological polar surface area (TPSA) is 184 Å². The largest absolute Gasteiger partial charge is 0.485 e. The standard InChI is InChI=1S/C55H40N2O14S6/c1-55(2)26-5-3-4-6-28(26)57-29-8-7-24(21-27(29)55)43-33-34(63-12-11-62-33)46(73-43)47-37-38(67-16-15-66-37)50(75-47)51-41-42(71-20-19-70-41)53(77-51)52-40-39(68-17-18-69-40)49(76-52)48-36-35(64-13-14-65-36)45(74-48)44-32-31(60-9-10-61-32)30(72-44)22-25(23-56)54(58)59/h3-8,21-22,57H,9-20H2,1-2H3,(H,58,59)/b25-22+. The molecular weight excluding hydrogens is 1110 g/mol. The summed E-state index contributed by atoms with van der Waals surface area (Å²) >= 11 is 8.91. The van der Waals surface area contributed by atoms with Crippen LogP contribution in [-0.4, -0.2) is 90.4 Å². The minimum absolute atomic E-state index is 0.252. The molecule has 0 atom stereocenters. The SMILES string of the molecule is CC1(C)c2ccccc2Nc2ccc(-c3sc(-c4sc(-c5sc(-c6sc(-c7sc(-c8sc(/C=C(\C#N)C(=O)O)c9c8OCCO9)c8c7OCCO8)c7c6OCCO7)c6c5OCCO6)c5c4OCCO5)c4c3OCCO4)cc21. The highest BCUT2D eigenvalue weighted by molar-refractivity contribution is 7.32. The van der Waals surface area contributed by atoms with Gasteiger partial charge >= 0.3 is 5.97 Å². The molecule has 0 amide bonds. The minimum atomic E-state index is -1.34. The molecule has 0 spiro atoms. The first-order chi connectivity index (χ1) is 37.7. The normalized spacial score (nSPS) is 16.9. The molecule has 16 nitrogen and oxygen atoms in total. The van der Waals surface area contributed by atoms with E-state index in [1.807, 2.05) is 0 Å². The number of thiophene rings is 6. The van der Waals surface area contributed by atoms with Crippen molar-refractivity contribution in [1.29, 1.82) is 5.26 Å². The van der Waals surface area contributed by atoms with Crippen LogP contribution in [0.4, 0.5) is 11.4 Å². The summed E-state index contributed by atoms with van der Waals surface area (Å²) in [6.45, 7) is 8.63. The van der Waals surface area contributed by atoms with Crippen molar-refractivity contribution in [3.63, 3.8) is 0 Å². The van der Waals surface area contributed by atoms with Gasteiger partial charge in [0.05, 0.1) is 58.5 Å². The number of fused-ring (bicyclic) bond motifs is 8. The molecule has 7 aliphatic heterocycles. The molecule has 13 heterocycles. The number of ether oxygens (including phenoxy) is 12. The maximum atomic E-state index is 11.9. The highest BCUT2D eigenvalue weighted by Gasteiger charge is 2.42. The highest BCUT2D eigenvalue weighted by Crippen LogP contribution is 2.69. The molecular formula is C55H40N2O14S6. The number of hydrogen-bond acceptors (Lipinski definition) is 21. The Bertz CT molecular complexity index is 3880. The molecule has 7 aliphatic rings. The maximum Gasteiger partial charge on any atom is 0.346 e. The van der Waals surface area contributed by atoms with Gasteiger partial charge < -0.3 is 67.3 Å². The third kappa shape index (κ3) is 7.30. The van der Waals surface area contributed by atoms with Crippen LogP contribution in [0.25, 0.3) is 65.3 Å². The first-order valence-electron chi connectivity index (χ1n) is 24.7. The molecule has 0 radical (unpaired) electrons. The van der Waals surface area contributed by atoms with Gasteiger partial charge in [-0.2, -0.15) is 5.26 Å². The zero-order chi connectivity index (χ0) is 51.7. The Hall–Kier alpha value is -7.26. The molecule has 15 rings (SSSR count). The Kier molecular flexibility index (Phi) is 11.1. The summed E-state index contributed by atoms with van der Waals surface area (Å²) in [6.07, 6.45) is 1.31. The fourth-order valence-corrected chi connectivity index (χ4v) is 18.2. The predicted octanol–water partition coefficient (Wildman–Crippen LogP) is 13.1. The second kappa shape index (κ2) is 18.2. The number of hydrogen-bond donors (Lipinski definition) is 2. The van der Waals surface area contributed by atoms with E-state index in [0.29, 0.717) is 150 Å². The van der Waals surface area contributed by atoms with Crippen molar-refractivity contribution in [2.75, 3.05) is 84.6 Å². The lowest BCUT2D eigenvalue weighted by Gasteiger charge is -2.36. The number of aliphatic carboxylic acids is 1. The lowest BCUT2D eigenvalue weighted by molar-refractivity contribution is -0.132. The zero-order valence-electron chi connectivity index (χ0n) is 40.8. The summed E-state index contributed by atoms with van der Waals surface area (Å²) in [5, 5.41) is 23.0. The molecule has 77 heavy (non-hydrogen) atoms. The molecule has 2 N–H and O–H groups in total. The Morgan fingerprint density at radius 1 is 0.468 bits per heavy atom. The van der Waals surface area contributed by atoms with Crippen molar-refractivity contribution in [1.82, 2.24) is 0 Å². The Labute approximate surface area is 462 Å². The summed E-state index contributed by atoms with van der Waals surface area (Å²) in [4.78, 5) is 21.2. The Balaban J connectivity index is 0.850. The predicted molar refractivity (Wildman–Crippen MR) is 295 cm³/mol. The lowest BCUT2D eigenvalue weighted by Crippen LogP contribution is -2.25. The number of carboxylic acid groups (broad SMARTS) is 1. The van der Waals surface area contributed by atoms with Crippen molar-refractivity contribution in [2.45, 2.75) is 19.3 Å². The fraction of sp³-hybridized carbons (Fsp3) is 0.273. The van der Waals surface area contributed by atoms with Crippen LogP contribution in [0.5, 0.6) is 69.0 Å². The van der Waals surface area contributed by atoms with Crippen molar-refractivity contribution < 1.29 is 66.7 Å². The number of nitriles is 1. The van der Waals surface area contributed by atoms with Gasteiger partial charge in [0.2, 0.25) is 0 Å². The smallest absolute Gasteiger partial charge is 0.346 e. The van der Waals surface area contributed by atoms with Gasteiger partial charge in [-0.15, -0.1) is 68.0 Å². The van der Waals surface area contributed by atoms with E-state index in [0.717, 1.165) is 60.8 Å².